The molecule has 0 aromatic carbocycles. The summed E-state index contributed by atoms with van der Waals surface area (Å²) in [5.74, 6) is -78.9. The molecule has 33 heteroatoms. The van der Waals surface area contributed by atoms with E-state index in [0.29, 0.717) is 0 Å². The van der Waals surface area contributed by atoms with Crippen LogP contribution in [0.25, 0.3) is 0 Å². The van der Waals surface area contributed by atoms with E-state index in [4.69, 9.17) is 0 Å². The van der Waals surface area contributed by atoms with Crippen molar-refractivity contribution in [3.63, 3.8) is 0 Å². The van der Waals surface area contributed by atoms with Gasteiger partial charge in [0.2, 0.25) is 0 Å². The summed E-state index contributed by atoms with van der Waals surface area (Å²) < 4.78 is 354. The predicted molar refractivity (Wildman–Crippen MR) is 129 cm³/mol. The first-order valence-corrected chi connectivity index (χ1v) is 15.3. The third-order valence-electron chi connectivity index (χ3n) is 6.75. The van der Waals surface area contributed by atoms with Gasteiger partial charge in [0.25, 0.3) is 0 Å². The van der Waals surface area contributed by atoms with E-state index in [2.05, 4.69) is 14.2 Å². The number of halogens is 23. The van der Waals surface area contributed by atoms with Crippen molar-refractivity contribution in [3.8, 4) is 0 Å². The molecule has 0 bridgehead atoms. The fourth-order valence-corrected chi connectivity index (χ4v) is 3.92. The normalized spacial score (nSPS) is 16.2. The van der Waals surface area contributed by atoms with Crippen molar-refractivity contribution >= 4 is 16.2 Å². The van der Waals surface area contributed by atoms with Gasteiger partial charge in [0.1, 0.15) is 6.61 Å². The summed E-state index contributed by atoms with van der Waals surface area (Å²) in [6, 6.07) is 0. The number of carbonyl (C=O) groups excluding carboxylic acids is 1. The van der Waals surface area contributed by atoms with Crippen LogP contribution in [0.4, 0.5) is 106 Å². The number of nitrogens with one attached hydrogen (secondary N) is 1. The Labute approximate surface area is 320 Å². The molecule has 56 heavy (non-hydrogen) atoms. The smallest absolute Gasteiger partial charge is 0.748 e. The zero-order chi connectivity index (χ0) is 44.6. The Bertz CT molecular complexity index is 1420. The molecule has 8 nitrogen and oxygen atoms in total. The van der Waals surface area contributed by atoms with Gasteiger partial charge in [-0.1, -0.05) is 0 Å². The van der Waals surface area contributed by atoms with Gasteiger partial charge in [-0.05, 0) is 13.3 Å². The largest absolute Gasteiger partial charge is 1.00 e. The number of alkyl carbamates (subject to hydrolysis) is 1. The molecular formula is C23H23F23NNaO7S. The molecule has 0 aliphatic heterocycles. The number of ether oxygens (including phenoxy) is 3. The molecule has 1 N–H and O–H groups in total. The van der Waals surface area contributed by atoms with Crippen molar-refractivity contribution in [3.05, 3.63) is 0 Å². The first kappa shape index (κ1) is 56.6. The van der Waals surface area contributed by atoms with Crippen LogP contribution in [0.2, 0.25) is 0 Å². The number of carbonyl (C=O) groups is 1. The summed E-state index contributed by atoms with van der Waals surface area (Å²) >= 11 is 0. The minimum absolute atomic E-state index is 0. The van der Waals surface area contributed by atoms with Gasteiger partial charge in [0.15, 0.2) is 5.79 Å². The van der Waals surface area contributed by atoms with E-state index in [1.807, 2.05) is 0 Å². The molecule has 1 unspecified atom stereocenters. The Balaban J connectivity index is 0. The van der Waals surface area contributed by atoms with Gasteiger partial charge in [-0.3, -0.25) is 0 Å². The number of rotatable bonds is 22. The monoisotopic (exact) mass is 917 g/mol. The van der Waals surface area contributed by atoms with Gasteiger partial charge in [0.05, 0.1) is 23.3 Å². The third kappa shape index (κ3) is 11.6. The van der Waals surface area contributed by atoms with Crippen molar-refractivity contribution in [2.24, 2.45) is 0 Å². The first-order valence-electron chi connectivity index (χ1n) is 13.7. The maximum absolute atomic E-state index is 14.2. The maximum atomic E-state index is 14.2. The van der Waals surface area contributed by atoms with E-state index in [0.717, 1.165) is 0 Å². The molecule has 0 fully saturated rings. The Morgan fingerprint density at radius 3 is 1.23 bits per heavy atom. The topological polar surface area (TPSA) is 114 Å². The first-order chi connectivity index (χ1) is 23.8. The predicted octanol–water partition coefficient (Wildman–Crippen LogP) is 5.12. The summed E-state index contributed by atoms with van der Waals surface area (Å²) in [6.45, 7) is -8.48. The number of hydrogen-bond acceptors (Lipinski definition) is 7. The van der Waals surface area contributed by atoms with Crippen molar-refractivity contribution < 1.29 is 163 Å². The van der Waals surface area contributed by atoms with Gasteiger partial charge < -0.3 is 24.1 Å². The molecular weight excluding hydrogens is 894 g/mol. The fourth-order valence-electron chi connectivity index (χ4n) is 3.42. The van der Waals surface area contributed by atoms with E-state index in [9.17, 15) is 119 Å². The van der Waals surface area contributed by atoms with E-state index >= 15 is 0 Å². The second-order valence-corrected chi connectivity index (χ2v) is 12.8. The van der Waals surface area contributed by atoms with Gasteiger partial charge in [-0.25, -0.2) is 13.2 Å². The summed E-state index contributed by atoms with van der Waals surface area (Å²) in [7, 11) is -4.89. The molecule has 0 aliphatic carbocycles. The second-order valence-electron chi connectivity index (χ2n) is 11.3. The SMILES string of the molecule is CC(COC(=O)NCCCS(=O)(=O)[O-])(OCCC(F)(F)C(F)(F)C(F)(F)C(F)(F)C(C)(F)F)OCCC(F)(F)C(F)(F)C(F)(F)C(F)(F)C(F)(F)C(F)(F)F.[Na+]. The molecule has 0 saturated heterocycles. The minimum Gasteiger partial charge on any atom is -0.748 e. The molecule has 330 valence electrons. The Morgan fingerprint density at radius 1 is 0.571 bits per heavy atom. The third-order valence-corrected chi connectivity index (χ3v) is 7.54. The van der Waals surface area contributed by atoms with Crippen molar-refractivity contribution in [2.75, 3.05) is 32.1 Å². The average Bonchev–Trinajstić information content (AvgIpc) is 2.95. The van der Waals surface area contributed by atoms with Crippen LogP contribution in [0.5, 0.6) is 0 Å². The molecule has 0 heterocycles. The van der Waals surface area contributed by atoms with Crippen LogP contribution in [0.15, 0.2) is 0 Å². The quantitative estimate of drug-likeness (QED) is 0.0528. The summed E-state index contributed by atoms with van der Waals surface area (Å²) in [5.41, 5.74) is 0. The van der Waals surface area contributed by atoms with Gasteiger partial charge >= 0.3 is 101 Å². The average molecular weight is 917 g/mol. The number of alkyl halides is 23. The Kier molecular flexibility index (Phi) is 17.8. The number of amides is 1. The summed E-state index contributed by atoms with van der Waals surface area (Å²) in [6.07, 6.45) is -16.5. The van der Waals surface area contributed by atoms with Crippen molar-refractivity contribution in [1.82, 2.24) is 5.32 Å². The molecule has 0 spiro atoms. The number of hydrogen-bond donors (Lipinski definition) is 1. The van der Waals surface area contributed by atoms with Crippen LogP contribution in [-0.2, 0) is 24.3 Å². The zero-order valence-corrected chi connectivity index (χ0v) is 30.4. The van der Waals surface area contributed by atoms with E-state index < -0.39 is 146 Å². The van der Waals surface area contributed by atoms with Gasteiger partial charge in [-0.2, -0.15) is 101 Å². The van der Waals surface area contributed by atoms with Crippen LogP contribution in [0, 0.1) is 0 Å². The van der Waals surface area contributed by atoms with Crippen molar-refractivity contribution in [1.29, 1.82) is 0 Å². The molecule has 0 rings (SSSR count). The minimum atomic E-state index is -8.33. The molecule has 0 aromatic heterocycles. The van der Waals surface area contributed by atoms with E-state index in [1.165, 1.54) is 0 Å². The Morgan fingerprint density at radius 2 is 0.911 bits per heavy atom. The zero-order valence-electron chi connectivity index (χ0n) is 27.6. The molecule has 0 radical (unpaired) electrons. The van der Waals surface area contributed by atoms with E-state index in [-0.39, 0.29) is 36.5 Å². The molecule has 0 aliphatic rings. The van der Waals surface area contributed by atoms with Crippen LogP contribution in [-0.4, -0.2) is 122 Å². The van der Waals surface area contributed by atoms with Crippen LogP contribution >= 0.6 is 0 Å². The second kappa shape index (κ2) is 17.6. The van der Waals surface area contributed by atoms with Crippen molar-refractivity contribution in [2.45, 2.75) is 104 Å². The summed E-state index contributed by atoms with van der Waals surface area (Å²) in [5, 5.41) is 1.60. The van der Waals surface area contributed by atoms with Crippen LogP contribution in [0.1, 0.15) is 33.1 Å². The Hall–Kier alpha value is -1.51. The standard InChI is InChI=1S/C23H24F23NO7S.Na/c1-12(10-52-11(48)47-6-3-9-55(49,50)51,53-7-4-14(26,27)17(32,33)19(36,37)16(30,31)13(2,24)25)54-8-5-15(28,29)18(34,35)20(38,39)21(40,41)22(42,43)23(44,45)46;/h3-10H2,1-2H3,(H,47,48)(H,49,50,51);/q;+1/p-1. The molecule has 0 saturated carbocycles. The van der Waals surface area contributed by atoms with E-state index in [1.54, 1.807) is 5.32 Å². The molecule has 1 amide bonds. The van der Waals surface area contributed by atoms with Crippen LogP contribution in [0.3, 0.4) is 0 Å². The maximum Gasteiger partial charge on any atom is 1.00 e. The fraction of sp³-hybridized carbons (Fsp3) is 0.957. The van der Waals surface area contributed by atoms with Gasteiger partial charge in [0, 0.05) is 32.1 Å². The van der Waals surface area contributed by atoms with Crippen LogP contribution < -0.4 is 34.9 Å². The van der Waals surface area contributed by atoms with Gasteiger partial charge in [-0.15, -0.1) is 0 Å². The summed E-state index contributed by atoms with van der Waals surface area (Å²) in [4.78, 5) is 11.8. The molecule has 1 atom stereocenters. The molecule has 0 aromatic rings.